The molecule has 0 saturated heterocycles. The molecule has 0 saturated carbocycles. The second kappa shape index (κ2) is 7.23. The Kier molecular flexibility index (Phi) is 6.70. The largest absolute Gasteiger partial charge is 0.481 e. The molecular weight excluding hydrogens is 198 g/mol. The van der Waals surface area contributed by atoms with E-state index in [4.69, 9.17) is 15.9 Å². The van der Waals surface area contributed by atoms with Crippen LogP contribution in [0.15, 0.2) is 0 Å². The van der Waals surface area contributed by atoms with Crippen molar-refractivity contribution in [1.82, 2.24) is 0 Å². The summed E-state index contributed by atoms with van der Waals surface area (Å²) in [5.41, 5.74) is 5.30. The van der Waals surface area contributed by atoms with Crippen molar-refractivity contribution in [2.45, 2.75) is 45.1 Å². The van der Waals surface area contributed by atoms with E-state index in [1.54, 1.807) is 0 Å². The van der Waals surface area contributed by atoms with Gasteiger partial charge in [-0.3, -0.25) is 9.59 Å². The third-order valence-electron chi connectivity index (χ3n) is 2.36. The maximum absolute atomic E-state index is 10.8. The minimum Gasteiger partial charge on any atom is -0.481 e. The molecule has 5 heteroatoms. The predicted octanol–water partition coefficient (Wildman–Crippen LogP) is 1.07. The van der Waals surface area contributed by atoms with Gasteiger partial charge in [-0.15, -0.1) is 0 Å². The number of carboxylic acid groups (broad SMARTS) is 2. The standard InChI is InChI=1S/C10H19NO4/c1-2-3-4-5-7(9(12)13)6-8(11)10(14)15/h7-8H,2-6,11H2,1H3,(H,12,13)(H,14,15)/t7?,8-/m0/s1. The van der Waals surface area contributed by atoms with E-state index in [-0.39, 0.29) is 6.42 Å². The number of rotatable bonds is 8. The molecule has 0 bridgehead atoms. The van der Waals surface area contributed by atoms with E-state index in [2.05, 4.69) is 0 Å². The molecule has 0 heterocycles. The Bertz CT molecular complexity index is 217. The van der Waals surface area contributed by atoms with Crippen molar-refractivity contribution in [2.24, 2.45) is 11.7 Å². The fourth-order valence-corrected chi connectivity index (χ4v) is 1.39. The number of hydrogen-bond acceptors (Lipinski definition) is 3. The van der Waals surface area contributed by atoms with Crippen molar-refractivity contribution in [3.8, 4) is 0 Å². The lowest BCUT2D eigenvalue weighted by Gasteiger charge is -2.14. The number of nitrogens with two attached hydrogens (primary N) is 1. The number of unbranched alkanes of at least 4 members (excludes halogenated alkanes) is 2. The molecule has 0 aromatic carbocycles. The van der Waals surface area contributed by atoms with Crippen LogP contribution in [0.1, 0.15) is 39.0 Å². The van der Waals surface area contributed by atoms with Crippen LogP contribution in [0.3, 0.4) is 0 Å². The van der Waals surface area contributed by atoms with Gasteiger partial charge in [0, 0.05) is 0 Å². The minimum atomic E-state index is -1.14. The van der Waals surface area contributed by atoms with Crippen LogP contribution in [0, 0.1) is 5.92 Å². The van der Waals surface area contributed by atoms with Gasteiger partial charge >= 0.3 is 11.9 Å². The van der Waals surface area contributed by atoms with Crippen LogP contribution >= 0.6 is 0 Å². The maximum Gasteiger partial charge on any atom is 0.320 e. The molecule has 15 heavy (non-hydrogen) atoms. The first-order valence-electron chi connectivity index (χ1n) is 5.20. The van der Waals surface area contributed by atoms with Gasteiger partial charge in [0.2, 0.25) is 0 Å². The molecule has 0 aliphatic carbocycles. The smallest absolute Gasteiger partial charge is 0.320 e. The van der Waals surface area contributed by atoms with Gasteiger partial charge < -0.3 is 15.9 Å². The zero-order chi connectivity index (χ0) is 11.8. The Morgan fingerprint density at radius 1 is 1.20 bits per heavy atom. The predicted molar refractivity (Wildman–Crippen MR) is 55.5 cm³/mol. The van der Waals surface area contributed by atoms with Gasteiger partial charge in [-0.1, -0.05) is 26.2 Å². The summed E-state index contributed by atoms with van der Waals surface area (Å²) < 4.78 is 0. The summed E-state index contributed by atoms with van der Waals surface area (Å²) in [5.74, 6) is -2.73. The molecular formula is C10H19NO4. The number of carboxylic acids is 2. The van der Waals surface area contributed by atoms with Crippen molar-refractivity contribution in [2.75, 3.05) is 0 Å². The van der Waals surface area contributed by atoms with Crippen LogP contribution in [-0.2, 0) is 9.59 Å². The lowest BCUT2D eigenvalue weighted by Crippen LogP contribution is -2.34. The fourth-order valence-electron chi connectivity index (χ4n) is 1.39. The summed E-state index contributed by atoms with van der Waals surface area (Å²) in [6.07, 6.45) is 3.29. The second-order valence-electron chi connectivity index (χ2n) is 3.71. The topological polar surface area (TPSA) is 101 Å². The SMILES string of the molecule is CCCCCC(C[C@H](N)C(=O)O)C(=O)O. The van der Waals surface area contributed by atoms with Crippen LogP contribution in [0.4, 0.5) is 0 Å². The van der Waals surface area contributed by atoms with Crippen LogP contribution in [-0.4, -0.2) is 28.2 Å². The summed E-state index contributed by atoms with van der Waals surface area (Å²) in [6, 6.07) is -1.08. The Balaban J connectivity index is 4.04. The summed E-state index contributed by atoms with van der Waals surface area (Å²) in [5, 5.41) is 17.4. The van der Waals surface area contributed by atoms with E-state index >= 15 is 0 Å². The van der Waals surface area contributed by atoms with E-state index in [0.717, 1.165) is 19.3 Å². The molecule has 0 aromatic rings. The molecule has 2 atom stereocenters. The first-order valence-corrected chi connectivity index (χ1v) is 5.20. The third kappa shape index (κ3) is 6.06. The molecule has 4 N–H and O–H groups in total. The lowest BCUT2D eigenvalue weighted by atomic mass is 9.94. The Labute approximate surface area is 89.3 Å². The zero-order valence-electron chi connectivity index (χ0n) is 8.98. The highest BCUT2D eigenvalue weighted by Crippen LogP contribution is 2.15. The van der Waals surface area contributed by atoms with Crippen LogP contribution < -0.4 is 5.73 Å². The number of aliphatic carboxylic acids is 2. The molecule has 0 aliphatic heterocycles. The molecule has 1 unspecified atom stereocenters. The van der Waals surface area contributed by atoms with Crippen molar-refractivity contribution in [3.63, 3.8) is 0 Å². The highest BCUT2D eigenvalue weighted by molar-refractivity contribution is 5.75. The van der Waals surface area contributed by atoms with Gasteiger partial charge in [0.25, 0.3) is 0 Å². The Morgan fingerprint density at radius 3 is 2.20 bits per heavy atom. The Hall–Kier alpha value is -1.10. The van der Waals surface area contributed by atoms with E-state index in [9.17, 15) is 9.59 Å². The van der Waals surface area contributed by atoms with Gasteiger partial charge in [0.15, 0.2) is 0 Å². The average molecular weight is 217 g/mol. The summed E-state index contributed by atoms with van der Waals surface area (Å²) in [6.45, 7) is 2.03. The molecule has 0 aromatic heterocycles. The monoisotopic (exact) mass is 217 g/mol. The van der Waals surface area contributed by atoms with Gasteiger partial charge in [-0.25, -0.2) is 0 Å². The molecule has 5 nitrogen and oxygen atoms in total. The highest BCUT2D eigenvalue weighted by Gasteiger charge is 2.23. The van der Waals surface area contributed by atoms with Crippen LogP contribution in [0.5, 0.6) is 0 Å². The molecule has 0 rings (SSSR count). The van der Waals surface area contributed by atoms with Crippen molar-refractivity contribution in [1.29, 1.82) is 0 Å². The zero-order valence-corrected chi connectivity index (χ0v) is 8.98. The Morgan fingerprint density at radius 2 is 1.80 bits per heavy atom. The van der Waals surface area contributed by atoms with Crippen molar-refractivity contribution >= 4 is 11.9 Å². The van der Waals surface area contributed by atoms with Crippen LogP contribution in [0.25, 0.3) is 0 Å². The van der Waals surface area contributed by atoms with E-state index < -0.39 is 23.9 Å². The van der Waals surface area contributed by atoms with Gasteiger partial charge in [0.1, 0.15) is 6.04 Å². The summed E-state index contributed by atoms with van der Waals surface area (Å²) >= 11 is 0. The summed E-state index contributed by atoms with van der Waals surface area (Å²) in [4.78, 5) is 21.3. The molecule has 88 valence electrons. The average Bonchev–Trinajstić information content (AvgIpc) is 2.15. The first-order chi connectivity index (χ1) is 6.99. The third-order valence-corrected chi connectivity index (χ3v) is 2.36. The highest BCUT2D eigenvalue weighted by atomic mass is 16.4. The van der Waals surface area contributed by atoms with Crippen LogP contribution in [0.2, 0.25) is 0 Å². The van der Waals surface area contributed by atoms with E-state index in [0.29, 0.717) is 6.42 Å². The second-order valence-corrected chi connectivity index (χ2v) is 3.71. The summed E-state index contributed by atoms with van der Waals surface area (Å²) in [7, 11) is 0. The number of hydrogen-bond donors (Lipinski definition) is 3. The minimum absolute atomic E-state index is 0.00831. The van der Waals surface area contributed by atoms with Crippen molar-refractivity contribution in [3.05, 3.63) is 0 Å². The van der Waals surface area contributed by atoms with Gasteiger partial charge in [-0.05, 0) is 12.8 Å². The van der Waals surface area contributed by atoms with E-state index in [1.165, 1.54) is 0 Å². The molecule has 0 fully saturated rings. The normalized spacial score (nSPS) is 14.5. The quantitative estimate of drug-likeness (QED) is 0.528. The molecule has 0 radical (unpaired) electrons. The van der Waals surface area contributed by atoms with Crippen molar-refractivity contribution < 1.29 is 19.8 Å². The van der Waals surface area contributed by atoms with Gasteiger partial charge in [0.05, 0.1) is 5.92 Å². The number of carbonyl (C=O) groups is 2. The molecule has 0 aliphatic rings. The fraction of sp³-hybridized carbons (Fsp3) is 0.800. The van der Waals surface area contributed by atoms with E-state index in [1.807, 2.05) is 6.92 Å². The molecule has 0 spiro atoms. The molecule has 0 amide bonds. The first kappa shape index (κ1) is 13.9. The maximum atomic E-state index is 10.8. The lowest BCUT2D eigenvalue weighted by molar-refractivity contribution is -0.143. The van der Waals surface area contributed by atoms with Gasteiger partial charge in [-0.2, -0.15) is 0 Å².